The van der Waals surface area contributed by atoms with Crippen molar-refractivity contribution >= 4 is 11.7 Å². The summed E-state index contributed by atoms with van der Waals surface area (Å²) < 4.78 is 0. The predicted molar refractivity (Wildman–Crippen MR) is 85.1 cm³/mol. The fourth-order valence-electron chi connectivity index (χ4n) is 4.04. The molecule has 2 rings (SSSR count). The first kappa shape index (κ1) is 16.5. The summed E-state index contributed by atoms with van der Waals surface area (Å²) in [5.41, 5.74) is 0. The zero-order valence-electron chi connectivity index (χ0n) is 13.6. The average Bonchev–Trinajstić information content (AvgIpc) is 2.49. The molecule has 120 valence electrons. The molecule has 0 aromatic carbocycles. The quantitative estimate of drug-likeness (QED) is 0.734. The van der Waals surface area contributed by atoms with Gasteiger partial charge in [0, 0.05) is 24.9 Å². The number of Topliss-reactive ketones (excluding diaryl/α,β-unsaturated/α-hetero) is 1. The van der Waals surface area contributed by atoms with Crippen LogP contribution in [0.1, 0.15) is 90.4 Å². The van der Waals surface area contributed by atoms with Gasteiger partial charge in [0.25, 0.3) is 0 Å². The molecule has 0 aromatic heterocycles. The fraction of sp³-hybridized carbons (Fsp3) is 0.889. The normalized spacial score (nSPS) is 21.2. The molecule has 2 aliphatic rings. The summed E-state index contributed by atoms with van der Waals surface area (Å²) in [5.74, 6) is 0.514. The number of carbonyl (C=O) groups is 2. The van der Waals surface area contributed by atoms with Gasteiger partial charge in [0.2, 0.25) is 5.91 Å². The van der Waals surface area contributed by atoms with Gasteiger partial charge in [-0.05, 0) is 39.0 Å². The smallest absolute Gasteiger partial charge is 0.223 e. The van der Waals surface area contributed by atoms with E-state index < -0.39 is 0 Å². The molecule has 0 radical (unpaired) electrons. The lowest BCUT2D eigenvalue weighted by molar-refractivity contribution is -0.138. The molecule has 2 saturated carbocycles. The van der Waals surface area contributed by atoms with E-state index in [0.29, 0.717) is 30.8 Å². The second-order valence-corrected chi connectivity index (χ2v) is 6.94. The Bertz CT molecular complexity index is 323. The molecule has 0 N–H and O–H groups in total. The molecule has 3 heteroatoms. The van der Waals surface area contributed by atoms with Crippen LogP contribution in [0.2, 0.25) is 0 Å². The molecule has 0 aliphatic heterocycles. The van der Waals surface area contributed by atoms with E-state index in [2.05, 4.69) is 4.90 Å². The first-order valence-electron chi connectivity index (χ1n) is 8.99. The Morgan fingerprint density at radius 1 is 0.810 bits per heavy atom. The lowest BCUT2D eigenvalue weighted by Crippen LogP contribution is -2.48. The number of ketones is 1. The van der Waals surface area contributed by atoms with Gasteiger partial charge in [-0.1, -0.05) is 38.5 Å². The number of hydrogen-bond donors (Lipinski definition) is 0. The van der Waals surface area contributed by atoms with Gasteiger partial charge in [0.1, 0.15) is 5.78 Å². The maximum Gasteiger partial charge on any atom is 0.223 e. The Balaban J connectivity index is 1.95. The maximum absolute atomic E-state index is 12.7. The Morgan fingerprint density at radius 2 is 1.29 bits per heavy atom. The molecule has 0 aromatic rings. The monoisotopic (exact) mass is 293 g/mol. The zero-order valence-corrected chi connectivity index (χ0v) is 13.6. The number of carbonyl (C=O) groups excluding carboxylic acids is 2. The summed E-state index contributed by atoms with van der Waals surface area (Å²) in [6.07, 6.45) is 14.3. The number of nitrogens with zero attached hydrogens (tertiary/aromatic N) is 1. The van der Waals surface area contributed by atoms with Crippen LogP contribution < -0.4 is 0 Å². The van der Waals surface area contributed by atoms with Crippen molar-refractivity contribution in [1.82, 2.24) is 4.90 Å². The van der Waals surface area contributed by atoms with E-state index in [1.165, 1.54) is 64.2 Å². The molecule has 0 atom stereocenters. The van der Waals surface area contributed by atoms with Gasteiger partial charge in [0.15, 0.2) is 0 Å². The topological polar surface area (TPSA) is 37.4 Å². The van der Waals surface area contributed by atoms with E-state index in [1.54, 1.807) is 6.92 Å². The highest BCUT2D eigenvalue weighted by Gasteiger charge is 2.31. The maximum atomic E-state index is 12.7. The average molecular weight is 293 g/mol. The van der Waals surface area contributed by atoms with Crippen molar-refractivity contribution in [1.29, 1.82) is 0 Å². The molecule has 1 amide bonds. The molecule has 0 saturated heterocycles. The summed E-state index contributed by atoms with van der Waals surface area (Å²) in [6.45, 7) is 1.62. The Labute approximate surface area is 129 Å². The van der Waals surface area contributed by atoms with Crippen molar-refractivity contribution in [3.8, 4) is 0 Å². The number of amides is 1. The van der Waals surface area contributed by atoms with Gasteiger partial charge in [-0.25, -0.2) is 0 Å². The van der Waals surface area contributed by atoms with Crippen LogP contribution in [0.4, 0.5) is 0 Å². The Kier molecular flexibility index (Phi) is 6.72. The van der Waals surface area contributed by atoms with Crippen molar-refractivity contribution in [2.75, 3.05) is 0 Å². The highest BCUT2D eigenvalue weighted by molar-refractivity contribution is 5.79. The van der Waals surface area contributed by atoms with Gasteiger partial charge in [0.05, 0.1) is 0 Å². The molecule has 0 spiro atoms. The highest BCUT2D eigenvalue weighted by atomic mass is 16.2. The van der Waals surface area contributed by atoms with Crippen LogP contribution in [0.25, 0.3) is 0 Å². The van der Waals surface area contributed by atoms with Crippen LogP contribution in [0, 0.1) is 0 Å². The Hall–Kier alpha value is -0.860. The van der Waals surface area contributed by atoms with Gasteiger partial charge < -0.3 is 9.69 Å². The minimum absolute atomic E-state index is 0.199. The molecule has 3 nitrogen and oxygen atoms in total. The highest BCUT2D eigenvalue weighted by Crippen LogP contribution is 2.30. The van der Waals surface area contributed by atoms with Gasteiger partial charge in [-0.15, -0.1) is 0 Å². The van der Waals surface area contributed by atoms with Gasteiger partial charge >= 0.3 is 0 Å². The van der Waals surface area contributed by atoms with Crippen LogP contribution in [0.3, 0.4) is 0 Å². The van der Waals surface area contributed by atoms with Crippen molar-refractivity contribution in [3.05, 3.63) is 0 Å². The third-order valence-corrected chi connectivity index (χ3v) is 5.14. The molecule has 0 heterocycles. The molecular formula is C18H31NO2. The second kappa shape index (κ2) is 8.55. The lowest BCUT2D eigenvalue weighted by Gasteiger charge is -2.42. The lowest BCUT2D eigenvalue weighted by atomic mass is 9.88. The summed E-state index contributed by atoms with van der Waals surface area (Å²) in [4.78, 5) is 26.1. The molecular weight excluding hydrogens is 262 g/mol. The van der Waals surface area contributed by atoms with Crippen LogP contribution in [0.5, 0.6) is 0 Å². The first-order valence-corrected chi connectivity index (χ1v) is 8.99. The molecule has 2 fully saturated rings. The van der Waals surface area contributed by atoms with E-state index in [9.17, 15) is 9.59 Å². The third-order valence-electron chi connectivity index (χ3n) is 5.14. The summed E-state index contributed by atoms with van der Waals surface area (Å²) in [7, 11) is 0. The summed E-state index contributed by atoms with van der Waals surface area (Å²) in [6, 6.07) is 0.957. The number of rotatable bonds is 6. The number of hydrogen-bond acceptors (Lipinski definition) is 2. The van der Waals surface area contributed by atoms with Crippen LogP contribution in [0.15, 0.2) is 0 Å². The zero-order chi connectivity index (χ0) is 15.1. The minimum atomic E-state index is 0.199. The molecule has 0 unspecified atom stereocenters. The Morgan fingerprint density at radius 3 is 1.71 bits per heavy atom. The largest absolute Gasteiger partial charge is 0.337 e. The van der Waals surface area contributed by atoms with Gasteiger partial charge in [-0.2, -0.15) is 0 Å². The molecule has 21 heavy (non-hydrogen) atoms. The van der Waals surface area contributed by atoms with Crippen molar-refractivity contribution in [2.45, 2.75) is 102 Å². The predicted octanol–water partition coefficient (Wildman–Crippen LogP) is 4.24. The SMILES string of the molecule is CC(=O)CCCC(=O)N(C1CCCCC1)C1CCCCC1. The van der Waals surface area contributed by atoms with E-state index in [-0.39, 0.29) is 5.78 Å². The second-order valence-electron chi connectivity index (χ2n) is 6.94. The van der Waals surface area contributed by atoms with E-state index >= 15 is 0 Å². The molecule has 0 bridgehead atoms. The minimum Gasteiger partial charge on any atom is -0.337 e. The van der Waals surface area contributed by atoms with E-state index in [1.807, 2.05) is 0 Å². The van der Waals surface area contributed by atoms with Gasteiger partial charge in [-0.3, -0.25) is 4.79 Å². The van der Waals surface area contributed by atoms with E-state index in [4.69, 9.17) is 0 Å². The fourth-order valence-corrected chi connectivity index (χ4v) is 4.04. The standard InChI is InChI=1S/C18H31NO2/c1-15(20)9-8-14-18(21)19(16-10-4-2-5-11-16)17-12-6-3-7-13-17/h16-17H,2-14H2,1H3. The van der Waals surface area contributed by atoms with Crippen LogP contribution in [-0.4, -0.2) is 28.7 Å². The van der Waals surface area contributed by atoms with Crippen LogP contribution in [-0.2, 0) is 9.59 Å². The summed E-state index contributed by atoms with van der Waals surface area (Å²) in [5, 5.41) is 0. The molecule has 2 aliphatic carbocycles. The van der Waals surface area contributed by atoms with Crippen molar-refractivity contribution < 1.29 is 9.59 Å². The van der Waals surface area contributed by atoms with Crippen molar-refractivity contribution in [2.24, 2.45) is 0 Å². The van der Waals surface area contributed by atoms with E-state index in [0.717, 1.165) is 6.42 Å². The third kappa shape index (κ3) is 5.12. The van der Waals surface area contributed by atoms with Crippen molar-refractivity contribution in [3.63, 3.8) is 0 Å². The first-order chi connectivity index (χ1) is 10.2. The summed E-state index contributed by atoms with van der Waals surface area (Å²) >= 11 is 0. The van der Waals surface area contributed by atoms with Crippen LogP contribution >= 0.6 is 0 Å².